The summed E-state index contributed by atoms with van der Waals surface area (Å²) in [4.78, 5) is 11.9. The van der Waals surface area contributed by atoms with Crippen LogP contribution in [0.1, 0.15) is 51.8 Å². The topological polar surface area (TPSA) is 68.2 Å². The number of carbonyl (C=O) groups excluding carboxylic acids is 1. The number of hydrogen-bond acceptors (Lipinski definition) is 4. The van der Waals surface area contributed by atoms with Gasteiger partial charge < -0.3 is 15.4 Å². The summed E-state index contributed by atoms with van der Waals surface area (Å²) in [7, 11) is 0. The molecule has 0 spiro atoms. The van der Waals surface area contributed by atoms with Crippen molar-refractivity contribution in [3.8, 4) is 0 Å². The van der Waals surface area contributed by atoms with E-state index in [-0.39, 0.29) is 6.04 Å². The molecule has 0 saturated heterocycles. The summed E-state index contributed by atoms with van der Waals surface area (Å²) in [5.74, 6) is 0. The zero-order valence-electron chi connectivity index (χ0n) is 15.7. The predicted molar refractivity (Wildman–Crippen MR) is 99.5 cm³/mol. The molecule has 1 heterocycles. The van der Waals surface area contributed by atoms with E-state index in [9.17, 15) is 4.79 Å². The van der Waals surface area contributed by atoms with Crippen LogP contribution in [0.15, 0.2) is 36.7 Å². The summed E-state index contributed by atoms with van der Waals surface area (Å²) in [6.45, 7) is 10.9. The number of rotatable bonds is 6. The van der Waals surface area contributed by atoms with Crippen LogP contribution >= 0.6 is 0 Å². The maximum atomic E-state index is 11.9. The van der Waals surface area contributed by atoms with Crippen molar-refractivity contribution in [3.05, 3.63) is 47.8 Å². The van der Waals surface area contributed by atoms with Gasteiger partial charge in [0.1, 0.15) is 5.60 Å². The number of anilines is 1. The number of amides is 1. The highest BCUT2D eigenvalue weighted by atomic mass is 16.6. The molecular formula is C19H28N4O2. The third kappa shape index (κ3) is 5.81. The fraction of sp³-hybridized carbons (Fsp3) is 0.474. The highest BCUT2D eigenvalue weighted by molar-refractivity contribution is 5.68. The fourth-order valence-electron chi connectivity index (χ4n) is 2.39. The van der Waals surface area contributed by atoms with Gasteiger partial charge in [-0.2, -0.15) is 5.10 Å². The Morgan fingerprint density at radius 2 is 2.04 bits per heavy atom. The Hall–Kier alpha value is -2.50. The van der Waals surface area contributed by atoms with E-state index >= 15 is 0 Å². The second-order valence-electron chi connectivity index (χ2n) is 7.01. The predicted octanol–water partition coefficient (Wildman–Crippen LogP) is 4.10. The Bertz CT molecular complexity index is 703. The van der Waals surface area contributed by atoms with Crippen molar-refractivity contribution < 1.29 is 9.53 Å². The van der Waals surface area contributed by atoms with E-state index in [1.54, 1.807) is 0 Å². The first kappa shape index (κ1) is 18.8. The number of carbonyl (C=O) groups is 1. The van der Waals surface area contributed by atoms with Gasteiger partial charge in [0.2, 0.25) is 0 Å². The third-order valence-corrected chi connectivity index (χ3v) is 3.69. The Morgan fingerprint density at radius 1 is 1.32 bits per heavy atom. The lowest BCUT2D eigenvalue weighted by atomic mass is 10.1. The van der Waals surface area contributed by atoms with Crippen LogP contribution < -0.4 is 10.6 Å². The number of hydrogen-bond donors (Lipinski definition) is 2. The molecule has 1 aromatic heterocycles. The average Bonchev–Trinajstić information content (AvgIpc) is 3.01. The van der Waals surface area contributed by atoms with Crippen LogP contribution in [-0.2, 0) is 17.8 Å². The Kier molecular flexibility index (Phi) is 6.07. The highest BCUT2D eigenvalue weighted by Crippen LogP contribution is 2.22. The molecule has 2 aromatic rings. The van der Waals surface area contributed by atoms with E-state index in [2.05, 4.69) is 29.6 Å². The molecule has 1 amide bonds. The summed E-state index contributed by atoms with van der Waals surface area (Å²) in [5.41, 5.74) is 2.60. The van der Waals surface area contributed by atoms with Gasteiger partial charge >= 0.3 is 6.09 Å². The van der Waals surface area contributed by atoms with Gasteiger partial charge in [-0.05, 0) is 46.2 Å². The van der Waals surface area contributed by atoms with E-state index in [4.69, 9.17) is 4.74 Å². The first-order valence-electron chi connectivity index (χ1n) is 8.62. The summed E-state index contributed by atoms with van der Waals surface area (Å²) >= 11 is 0. The summed E-state index contributed by atoms with van der Waals surface area (Å²) < 4.78 is 7.19. The number of benzene rings is 1. The maximum absolute atomic E-state index is 11.9. The van der Waals surface area contributed by atoms with Gasteiger partial charge in [-0.25, -0.2) is 4.79 Å². The van der Waals surface area contributed by atoms with Crippen molar-refractivity contribution in [1.82, 2.24) is 15.1 Å². The van der Waals surface area contributed by atoms with E-state index in [1.807, 2.05) is 62.1 Å². The van der Waals surface area contributed by atoms with Gasteiger partial charge in [0.25, 0.3) is 0 Å². The minimum Gasteiger partial charge on any atom is -0.444 e. The Morgan fingerprint density at radius 3 is 2.68 bits per heavy atom. The first-order valence-corrected chi connectivity index (χ1v) is 8.62. The monoisotopic (exact) mass is 344 g/mol. The van der Waals surface area contributed by atoms with Gasteiger partial charge in [-0.1, -0.05) is 18.2 Å². The summed E-state index contributed by atoms with van der Waals surface area (Å²) in [6, 6.07) is 8.04. The van der Waals surface area contributed by atoms with Crippen LogP contribution in [-0.4, -0.2) is 21.5 Å². The minimum absolute atomic E-state index is 0.114. The molecule has 0 bridgehead atoms. The van der Waals surface area contributed by atoms with Gasteiger partial charge in [0.05, 0.1) is 12.2 Å². The molecular weight excluding hydrogens is 316 g/mol. The molecule has 6 nitrogen and oxygen atoms in total. The zero-order chi connectivity index (χ0) is 18.4. The summed E-state index contributed by atoms with van der Waals surface area (Å²) in [6.07, 6.45) is 3.50. The van der Waals surface area contributed by atoms with Crippen LogP contribution in [0.25, 0.3) is 0 Å². The largest absolute Gasteiger partial charge is 0.444 e. The van der Waals surface area contributed by atoms with Crippen molar-refractivity contribution in [3.63, 3.8) is 0 Å². The van der Waals surface area contributed by atoms with Crippen molar-refractivity contribution in [2.24, 2.45) is 0 Å². The van der Waals surface area contributed by atoms with Crippen molar-refractivity contribution in [2.45, 2.75) is 59.4 Å². The van der Waals surface area contributed by atoms with Crippen LogP contribution in [0, 0.1) is 0 Å². The van der Waals surface area contributed by atoms with Gasteiger partial charge in [-0.3, -0.25) is 4.68 Å². The van der Waals surface area contributed by atoms with Crippen molar-refractivity contribution in [1.29, 1.82) is 0 Å². The molecule has 0 aliphatic heterocycles. The molecule has 0 radical (unpaired) electrons. The number of aromatic nitrogens is 2. The molecule has 0 fully saturated rings. The molecule has 2 rings (SSSR count). The number of ether oxygens (including phenoxy) is 1. The fourth-order valence-corrected chi connectivity index (χ4v) is 2.39. The normalized spacial score (nSPS) is 12.5. The van der Waals surface area contributed by atoms with Gasteiger partial charge in [0, 0.05) is 30.5 Å². The van der Waals surface area contributed by atoms with Crippen LogP contribution in [0.5, 0.6) is 0 Å². The lowest BCUT2D eigenvalue weighted by Gasteiger charge is -2.21. The van der Waals surface area contributed by atoms with Crippen LogP contribution in [0.4, 0.5) is 10.5 Å². The quantitative estimate of drug-likeness (QED) is 0.828. The summed E-state index contributed by atoms with van der Waals surface area (Å²) in [5, 5.41) is 10.6. The smallest absolute Gasteiger partial charge is 0.407 e. The number of aryl methyl sites for hydroxylation is 1. The Balaban J connectivity index is 2.01. The molecule has 136 valence electrons. The van der Waals surface area contributed by atoms with Crippen LogP contribution in [0.2, 0.25) is 0 Å². The van der Waals surface area contributed by atoms with E-state index < -0.39 is 11.7 Å². The lowest BCUT2D eigenvalue weighted by molar-refractivity contribution is 0.0523. The number of nitrogens with one attached hydrogen (secondary N) is 2. The van der Waals surface area contributed by atoms with E-state index in [1.165, 1.54) is 0 Å². The molecule has 1 unspecified atom stereocenters. The molecule has 0 saturated carbocycles. The molecule has 2 N–H and O–H groups in total. The van der Waals surface area contributed by atoms with Gasteiger partial charge in [0.15, 0.2) is 0 Å². The zero-order valence-corrected chi connectivity index (χ0v) is 15.7. The number of nitrogens with zero attached hydrogens (tertiary/aromatic N) is 2. The van der Waals surface area contributed by atoms with Crippen molar-refractivity contribution in [2.75, 3.05) is 5.32 Å². The van der Waals surface area contributed by atoms with Gasteiger partial charge in [-0.15, -0.1) is 0 Å². The van der Waals surface area contributed by atoms with E-state index in [0.29, 0.717) is 6.54 Å². The molecule has 1 aromatic carbocycles. The Labute approximate surface area is 149 Å². The average molecular weight is 344 g/mol. The molecule has 0 aliphatic carbocycles. The number of para-hydroxylation sites is 1. The SMILES string of the molecule is CCn1cc(C(C)Nc2ccccc2CNC(=O)OC(C)(C)C)cn1. The standard InChI is InChI=1S/C19H28N4O2/c1-6-23-13-16(12-21-23)14(2)22-17-10-8-7-9-15(17)11-20-18(24)25-19(3,4)5/h7-10,12-14,22H,6,11H2,1-5H3,(H,20,24). The second-order valence-corrected chi connectivity index (χ2v) is 7.01. The van der Waals surface area contributed by atoms with E-state index in [0.717, 1.165) is 23.4 Å². The minimum atomic E-state index is -0.504. The first-order chi connectivity index (χ1) is 11.8. The highest BCUT2D eigenvalue weighted by Gasteiger charge is 2.16. The third-order valence-electron chi connectivity index (χ3n) is 3.69. The molecule has 6 heteroatoms. The molecule has 1 atom stereocenters. The van der Waals surface area contributed by atoms with Crippen LogP contribution in [0.3, 0.4) is 0 Å². The second kappa shape index (κ2) is 8.05. The lowest BCUT2D eigenvalue weighted by Crippen LogP contribution is -2.32. The maximum Gasteiger partial charge on any atom is 0.407 e. The molecule has 25 heavy (non-hydrogen) atoms. The van der Waals surface area contributed by atoms with Crippen molar-refractivity contribution >= 4 is 11.8 Å². The molecule has 0 aliphatic rings. The number of alkyl carbamates (subject to hydrolysis) is 1.